The summed E-state index contributed by atoms with van der Waals surface area (Å²) in [6.07, 6.45) is 1.89. The van der Waals surface area contributed by atoms with Gasteiger partial charge in [0.2, 0.25) is 11.8 Å². The SMILES string of the molecule is CC[C@@H](C)NC(=O)[C@@H](C)N(CCc1ccccc1)C(=O)Cc1cc(C)ccc1C. The molecule has 1 N–H and O–H groups in total. The highest BCUT2D eigenvalue weighted by molar-refractivity contribution is 5.88. The number of rotatable bonds is 9. The number of nitrogens with zero attached hydrogens (tertiary/aromatic N) is 1. The average molecular weight is 395 g/mol. The maximum absolute atomic E-state index is 13.2. The third-order valence-electron chi connectivity index (χ3n) is 5.50. The molecular weight excluding hydrogens is 360 g/mol. The van der Waals surface area contributed by atoms with E-state index in [1.807, 2.05) is 58.9 Å². The van der Waals surface area contributed by atoms with Crippen molar-refractivity contribution in [2.75, 3.05) is 6.54 Å². The van der Waals surface area contributed by atoms with Gasteiger partial charge in [0.25, 0.3) is 0 Å². The van der Waals surface area contributed by atoms with Crippen molar-refractivity contribution < 1.29 is 9.59 Å². The summed E-state index contributed by atoms with van der Waals surface area (Å²) in [5, 5.41) is 3.01. The first-order valence-corrected chi connectivity index (χ1v) is 10.5. The predicted molar refractivity (Wildman–Crippen MR) is 119 cm³/mol. The Kier molecular flexibility index (Phi) is 8.44. The fourth-order valence-corrected chi connectivity index (χ4v) is 3.29. The van der Waals surface area contributed by atoms with Gasteiger partial charge in [-0.3, -0.25) is 9.59 Å². The van der Waals surface area contributed by atoms with Crippen LogP contribution < -0.4 is 5.32 Å². The zero-order chi connectivity index (χ0) is 21.4. The third-order valence-corrected chi connectivity index (χ3v) is 5.50. The Morgan fingerprint density at radius 1 is 1.03 bits per heavy atom. The molecule has 2 atom stereocenters. The molecule has 0 aliphatic rings. The van der Waals surface area contributed by atoms with Gasteiger partial charge in [0.15, 0.2) is 0 Å². The van der Waals surface area contributed by atoms with Crippen LogP contribution in [0.5, 0.6) is 0 Å². The van der Waals surface area contributed by atoms with E-state index in [2.05, 4.69) is 29.6 Å². The second-order valence-corrected chi connectivity index (χ2v) is 7.92. The van der Waals surface area contributed by atoms with Gasteiger partial charge in [-0.2, -0.15) is 0 Å². The summed E-state index contributed by atoms with van der Waals surface area (Å²) in [7, 11) is 0. The first-order chi connectivity index (χ1) is 13.8. The maximum atomic E-state index is 13.2. The second-order valence-electron chi connectivity index (χ2n) is 7.92. The zero-order valence-corrected chi connectivity index (χ0v) is 18.4. The Bertz CT molecular complexity index is 817. The summed E-state index contributed by atoms with van der Waals surface area (Å²) in [4.78, 5) is 27.7. The highest BCUT2D eigenvalue weighted by atomic mass is 16.2. The summed E-state index contributed by atoms with van der Waals surface area (Å²) in [5.74, 6) is -0.108. The van der Waals surface area contributed by atoms with E-state index >= 15 is 0 Å². The van der Waals surface area contributed by atoms with Crippen molar-refractivity contribution in [1.29, 1.82) is 0 Å². The number of nitrogens with one attached hydrogen (secondary N) is 1. The van der Waals surface area contributed by atoms with Crippen LogP contribution in [0.4, 0.5) is 0 Å². The maximum Gasteiger partial charge on any atom is 0.242 e. The van der Waals surface area contributed by atoms with E-state index in [0.717, 1.165) is 35.1 Å². The van der Waals surface area contributed by atoms with Crippen molar-refractivity contribution >= 4 is 11.8 Å². The van der Waals surface area contributed by atoms with Crippen LogP contribution in [0.15, 0.2) is 48.5 Å². The zero-order valence-electron chi connectivity index (χ0n) is 18.4. The molecule has 2 aromatic rings. The lowest BCUT2D eigenvalue weighted by atomic mass is 10.0. The van der Waals surface area contributed by atoms with Crippen LogP contribution in [0.1, 0.15) is 49.4 Å². The minimum atomic E-state index is -0.509. The van der Waals surface area contributed by atoms with Crippen molar-refractivity contribution in [3.63, 3.8) is 0 Å². The molecule has 0 saturated heterocycles. The molecule has 2 aromatic carbocycles. The number of aryl methyl sites for hydroxylation is 2. The lowest BCUT2D eigenvalue weighted by Gasteiger charge is -2.30. The van der Waals surface area contributed by atoms with E-state index in [1.54, 1.807) is 4.90 Å². The van der Waals surface area contributed by atoms with E-state index < -0.39 is 6.04 Å². The van der Waals surface area contributed by atoms with Crippen molar-refractivity contribution in [2.24, 2.45) is 0 Å². The van der Waals surface area contributed by atoms with E-state index in [9.17, 15) is 9.59 Å². The molecule has 156 valence electrons. The van der Waals surface area contributed by atoms with Crippen LogP contribution in [-0.4, -0.2) is 35.3 Å². The first-order valence-electron chi connectivity index (χ1n) is 10.5. The van der Waals surface area contributed by atoms with Crippen molar-refractivity contribution in [1.82, 2.24) is 10.2 Å². The molecule has 4 heteroatoms. The molecule has 2 rings (SSSR count). The molecule has 0 unspecified atom stereocenters. The van der Waals surface area contributed by atoms with Crippen LogP contribution in [0.2, 0.25) is 0 Å². The van der Waals surface area contributed by atoms with Crippen LogP contribution in [-0.2, 0) is 22.4 Å². The number of carbonyl (C=O) groups excluding carboxylic acids is 2. The first kappa shape index (κ1) is 22.7. The summed E-state index contributed by atoms with van der Waals surface area (Å²) >= 11 is 0. The number of carbonyl (C=O) groups is 2. The van der Waals surface area contributed by atoms with Gasteiger partial charge in [-0.15, -0.1) is 0 Å². The van der Waals surface area contributed by atoms with E-state index in [-0.39, 0.29) is 17.9 Å². The molecule has 0 aromatic heterocycles. The van der Waals surface area contributed by atoms with Crippen molar-refractivity contribution in [3.05, 3.63) is 70.8 Å². The molecule has 0 aliphatic heterocycles. The van der Waals surface area contributed by atoms with Crippen LogP contribution >= 0.6 is 0 Å². The monoisotopic (exact) mass is 394 g/mol. The Morgan fingerprint density at radius 3 is 2.38 bits per heavy atom. The molecule has 0 saturated carbocycles. The average Bonchev–Trinajstić information content (AvgIpc) is 2.71. The largest absolute Gasteiger partial charge is 0.352 e. The van der Waals surface area contributed by atoms with Gasteiger partial charge >= 0.3 is 0 Å². The number of amides is 2. The summed E-state index contributed by atoms with van der Waals surface area (Å²) in [6, 6.07) is 15.8. The van der Waals surface area contributed by atoms with Crippen molar-refractivity contribution in [3.8, 4) is 0 Å². The summed E-state index contributed by atoms with van der Waals surface area (Å²) < 4.78 is 0. The Morgan fingerprint density at radius 2 is 1.72 bits per heavy atom. The van der Waals surface area contributed by atoms with E-state index in [0.29, 0.717) is 13.0 Å². The molecule has 29 heavy (non-hydrogen) atoms. The molecule has 4 nitrogen and oxygen atoms in total. The fourth-order valence-electron chi connectivity index (χ4n) is 3.29. The molecule has 2 amide bonds. The van der Waals surface area contributed by atoms with Gasteiger partial charge in [0.05, 0.1) is 6.42 Å². The number of hydrogen-bond acceptors (Lipinski definition) is 2. The fraction of sp³-hybridized carbons (Fsp3) is 0.440. The Hall–Kier alpha value is -2.62. The normalized spacial score (nSPS) is 12.9. The lowest BCUT2D eigenvalue weighted by molar-refractivity contribution is -0.139. The molecule has 0 radical (unpaired) electrons. The van der Waals surface area contributed by atoms with Crippen LogP contribution in [0.3, 0.4) is 0 Å². The Balaban J connectivity index is 2.18. The van der Waals surface area contributed by atoms with Gasteiger partial charge in [-0.1, -0.05) is 61.0 Å². The van der Waals surface area contributed by atoms with Gasteiger partial charge < -0.3 is 10.2 Å². The third kappa shape index (κ3) is 6.74. The van der Waals surface area contributed by atoms with E-state index in [4.69, 9.17) is 0 Å². The van der Waals surface area contributed by atoms with E-state index in [1.165, 1.54) is 0 Å². The molecule has 0 bridgehead atoms. The van der Waals surface area contributed by atoms with Gasteiger partial charge in [0, 0.05) is 12.6 Å². The van der Waals surface area contributed by atoms with Gasteiger partial charge in [-0.25, -0.2) is 0 Å². The lowest BCUT2D eigenvalue weighted by Crippen LogP contribution is -2.51. The summed E-state index contributed by atoms with van der Waals surface area (Å²) in [6.45, 7) is 10.4. The minimum Gasteiger partial charge on any atom is -0.352 e. The van der Waals surface area contributed by atoms with Gasteiger partial charge in [0.1, 0.15) is 6.04 Å². The highest BCUT2D eigenvalue weighted by Crippen LogP contribution is 2.15. The molecule has 0 heterocycles. The standard InChI is InChI=1S/C25H34N2O2/c1-6-20(4)26-25(29)21(5)27(15-14-22-10-8-7-9-11-22)24(28)17-23-16-18(2)12-13-19(23)3/h7-13,16,20-21H,6,14-15,17H2,1-5H3,(H,26,29)/t20-,21-/m1/s1. The smallest absolute Gasteiger partial charge is 0.242 e. The second kappa shape index (κ2) is 10.8. The minimum absolute atomic E-state index is 0.0126. The Labute approximate surface area is 175 Å². The van der Waals surface area contributed by atoms with Crippen LogP contribution in [0, 0.1) is 13.8 Å². The van der Waals surface area contributed by atoms with Crippen molar-refractivity contribution in [2.45, 2.75) is 66.0 Å². The summed E-state index contributed by atoms with van der Waals surface area (Å²) in [5.41, 5.74) is 4.42. The molecule has 0 spiro atoms. The molecule has 0 fully saturated rings. The van der Waals surface area contributed by atoms with Crippen LogP contribution in [0.25, 0.3) is 0 Å². The number of benzene rings is 2. The van der Waals surface area contributed by atoms with Gasteiger partial charge in [-0.05, 0) is 57.2 Å². The quantitative estimate of drug-likeness (QED) is 0.692. The predicted octanol–water partition coefficient (Wildman–Crippen LogP) is 4.22. The molecule has 0 aliphatic carbocycles. The number of hydrogen-bond donors (Lipinski definition) is 1. The topological polar surface area (TPSA) is 49.4 Å². The molecular formula is C25H34N2O2. The highest BCUT2D eigenvalue weighted by Gasteiger charge is 2.26.